The molecule has 0 aliphatic heterocycles. The second-order valence-corrected chi connectivity index (χ2v) is 5.53. The molecule has 3 rings (SSSR count). The number of allylic oxidation sites excluding steroid dienone is 1. The lowest BCUT2D eigenvalue weighted by atomic mass is 10.0. The van der Waals surface area contributed by atoms with Crippen molar-refractivity contribution in [3.63, 3.8) is 0 Å². The molecule has 0 fully saturated rings. The molecule has 2 aromatic carbocycles. The number of carbonyl (C=O) groups is 1. The van der Waals surface area contributed by atoms with Gasteiger partial charge in [-0.05, 0) is 41.5 Å². The molecule has 3 nitrogen and oxygen atoms in total. The van der Waals surface area contributed by atoms with Gasteiger partial charge in [-0.15, -0.1) is 11.6 Å². The average molecular weight is 323 g/mol. The molecule has 23 heavy (non-hydrogen) atoms. The average Bonchev–Trinajstić information content (AvgIpc) is 2.60. The maximum absolute atomic E-state index is 11.6. The van der Waals surface area contributed by atoms with Crippen molar-refractivity contribution in [2.45, 2.75) is 12.3 Å². The van der Waals surface area contributed by atoms with Gasteiger partial charge in [0.1, 0.15) is 0 Å². The summed E-state index contributed by atoms with van der Waals surface area (Å²) in [6, 6.07) is 13.6. The third kappa shape index (κ3) is 3.46. The number of para-hydroxylation sites is 2. The van der Waals surface area contributed by atoms with Crippen LogP contribution < -0.4 is 0 Å². The van der Waals surface area contributed by atoms with E-state index in [1.807, 2.05) is 42.5 Å². The number of benzene rings is 2. The number of rotatable bonds is 5. The second kappa shape index (κ2) is 6.71. The van der Waals surface area contributed by atoms with Gasteiger partial charge in [0, 0.05) is 17.9 Å². The molecular weight excluding hydrogens is 308 g/mol. The van der Waals surface area contributed by atoms with Crippen LogP contribution in [0.5, 0.6) is 0 Å². The monoisotopic (exact) mass is 322 g/mol. The first-order valence-corrected chi connectivity index (χ1v) is 7.79. The molecule has 0 unspecified atom stereocenters. The summed E-state index contributed by atoms with van der Waals surface area (Å²) >= 11 is 5.98. The number of hydrogen-bond acceptors (Lipinski definition) is 3. The van der Waals surface area contributed by atoms with Crippen LogP contribution in [0.2, 0.25) is 0 Å². The van der Waals surface area contributed by atoms with Crippen molar-refractivity contribution in [1.29, 1.82) is 0 Å². The van der Waals surface area contributed by atoms with Crippen molar-refractivity contribution in [2.24, 2.45) is 0 Å². The van der Waals surface area contributed by atoms with Gasteiger partial charge in [-0.25, -0.2) is 4.98 Å². The Morgan fingerprint density at radius 1 is 1.13 bits per heavy atom. The van der Waals surface area contributed by atoms with Gasteiger partial charge in [0.05, 0.1) is 22.9 Å². The van der Waals surface area contributed by atoms with E-state index >= 15 is 0 Å². The molecule has 1 aromatic heterocycles. The molecule has 0 atom stereocenters. The summed E-state index contributed by atoms with van der Waals surface area (Å²) in [5, 5.41) is 0. The Labute approximate surface area is 139 Å². The molecule has 0 spiro atoms. The van der Waals surface area contributed by atoms with Crippen LogP contribution in [-0.4, -0.2) is 15.8 Å². The molecule has 1 heterocycles. The standard InChI is InChI=1S/C19H15ClN2O/c1-2-16(23)10-13-7-14(11-20)9-15(8-13)19-12-21-17-5-3-4-6-18(17)22-19/h2-9,12H,1,10-11H2. The van der Waals surface area contributed by atoms with E-state index in [1.54, 1.807) is 6.20 Å². The highest BCUT2D eigenvalue weighted by molar-refractivity contribution is 6.17. The molecule has 0 bridgehead atoms. The summed E-state index contributed by atoms with van der Waals surface area (Å²) in [6.07, 6.45) is 3.39. The number of halogens is 1. The van der Waals surface area contributed by atoms with E-state index in [4.69, 9.17) is 11.6 Å². The predicted octanol–water partition coefficient (Wildman–Crippen LogP) is 4.33. The zero-order chi connectivity index (χ0) is 16.2. The normalized spacial score (nSPS) is 10.7. The number of alkyl halides is 1. The molecule has 4 heteroatoms. The zero-order valence-corrected chi connectivity index (χ0v) is 13.3. The van der Waals surface area contributed by atoms with E-state index < -0.39 is 0 Å². The smallest absolute Gasteiger partial charge is 0.159 e. The SMILES string of the molecule is C=CC(=O)Cc1cc(CCl)cc(-c2cnc3ccccc3n2)c1. The lowest BCUT2D eigenvalue weighted by molar-refractivity contribution is -0.114. The summed E-state index contributed by atoms with van der Waals surface area (Å²) < 4.78 is 0. The van der Waals surface area contributed by atoms with Crippen LogP contribution in [0.3, 0.4) is 0 Å². The van der Waals surface area contributed by atoms with Crippen LogP contribution >= 0.6 is 11.6 Å². The predicted molar refractivity (Wildman–Crippen MR) is 93.4 cm³/mol. The van der Waals surface area contributed by atoms with Crippen LogP contribution in [-0.2, 0) is 17.1 Å². The molecule has 0 saturated heterocycles. The number of hydrogen-bond donors (Lipinski definition) is 0. The van der Waals surface area contributed by atoms with E-state index in [0.717, 1.165) is 33.4 Å². The Kier molecular flexibility index (Phi) is 4.49. The fourth-order valence-electron chi connectivity index (χ4n) is 2.46. The minimum atomic E-state index is -0.0210. The number of aromatic nitrogens is 2. The highest BCUT2D eigenvalue weighted by Crippen LogP contribution is 2.23. The lowest BCUT2D eigenvalue weighted by Crippen LogP contribution is -1.99. The van der Waals surface area contributed by atoms with Crippen LogP contribution in [0.25, 0.3) is 22.3 Å². The molecule has 114 valence electrons. The fourth-order valence-corrected chi connectivity index (χ4v) is 2.61. The van der Waals surface area contributed by atoms with E-state index in [9.17, 15) is 4.79 Å². The summed E-state index contributed by atoms with van der Waals surface area (Å²) in [7, 11) is 0. The van der Waals surface area contributed by atoms with E-state index in [-0.39, 0.29) is 5.78 Å². The highest BCUT2D eigenvalue weighted by Gasteiger charge is 2.08. The van der Waals surface area contributed by atoms with Crippen molar-refractivity contribution in [2.75, 3.05) is 0 Å². The Balaban J connectivity index is 2.07. The third-order valence-electron chi connectivity index (χ3n) is 3.56. The number of ketones is 1. The Bertz CT molecular complexity index is 889. The van der Waals surface area contributed by atoms with E-state index in [0.29, 0.717) is 12.3 Å². The van der Waals surface area contributed by atoms with Gasteiger partial charge in [-0.1, -0.05) is 24.8 Å². The Hall–Kier alpha value is -2.52. The largest absolute Gasteiger partial charge is 0.295 e. The molecule has 3 aromatic rings. The first kappa shape index (κ1) is 15.4. The summed E-state index contributed by atoms with van der Waals surface area (Å²) in [5.74, 6) is 0.358. The number of nitrogens with zero attached hydrogens (tertiary/aromatic N) is 2. The molecule has 0 radical (unpaired) electrons. The van der Waals surface area contributed by atoms with Gasteiger partial charge >= 0.3 is 0 Å². The topological polar surface area (TPSA) is 42.9 Å². The van der Waals surface area contributed by atoms with Crippen molar-refractivity contribution < 1.29 is 4.79 Å². The minimum Gasteiger partial charge on any atom is -0.295 e. The molecule has 0 saturated carbocycles. The van der Waals surface area contributed by atoms with Crippen molar-refractivity contribution in [3.8, 4) is 11.3 Å². The zero-order valence-electron chi connectivity index (χ0n) is 12.5. The minimum absolute atomic E-state index is 0.0210. The van der Waals surface area contributed by atoms with Crippen molar-refractivity contribution >= 4 is 28.4 Å². The summed E-state index contributed by atoms with van der Waals surface area (Å²) in [6.45, 7) is 3.52. The third-order valence-corrected chi connectivity index (χ3v) is 3.87. The Morgan fingerprint density at radius 3 is 2.61 bits per heavy atom. The van der Waals surface area contributed by atoms with Gasteiger partial charge in [0.2, 0.25) is 0 Å². The van der Waals surface area contributed by atoms with Crippen LogP contribution in [0.15, 0.2) is 61.3 Å². The maximum Gasteiger partial charge on any atom is 0.159 e. The van der Waals surface area contributed by atoms with E-state index in [2.05, 4.69) is 16.5 Å². The van der Waals surface area contributed by atoms with Gasteiger partial charge in [-0.2, -0.15) is 0 Å². The second-order valence-electron chi connectivity index (χ2n) is 5.26. The van der Waals surface area contributed by atoms with Crippen molar-refractivity contribution in [1.82, 2.24) is 9.97 Å². The van der Waals surface area contributed by atoms with Gasteiger partial charge < -0.3 is 0 Å². The van der Waals surface area contributed by atoms with Crippen LogP contribution in [0.4, 0.5) is 0 Å². The first-order valence-electron chi connectivity index (χ1n) is 7.26. The maximum atomic E-state index is 11.6. The van der Waals surface area contributed by atoms with Gasteiger partial charge in [0.25, 0.3) is 0 Å². The fraction of sp³-hybridized carbons (Fsp3) is 0.105. The summed E-state index contributed by atoms with van der Waals surface area (Å²) in [5.41, 5.74) is 5.22. The number of carbonyl (C=O) groups excluding carboxylic acids is 1. The molecule has 0 aliphatic carbocycles. The molecule has 0 aliphatic rings. The Morgan fingerprint density at radius 2 is 1.87 bits per heavy atom. The van der Waals surface area contributed by atoms with Crippen molar-refractivity contribution in [3.05, 3.63) is 72.4 Å². The molecule has 0 N–H and O–H groups in total. The van der Waals surface area contributed by atoms with E-state index in [1.165, 1.54) is 6.08 Å². The van der Waals surface area contributed by atoms with Crippen LogP contribution in [0, 0.1) is 0 Å². The van der Waals surface area contributed by atoms with Gasteiger partial charge in [0.15, 0.2) is 5.78 Å². The summed E-state index contributed by atoms with van der Waals surface area (Å²) in [4.78, 5) is 20.7. The molecular formula is C19H15ClN2O. The first-order chi connectivity index (χ1) is 11.2. The highest BCUT2D eigenvalue weighted by atomic mass is 35.5. The molecule has 0 amide bonds. The van der Waals surface area contributed by atoms with Gasteiger partial charge in [-0.3, -0.25) is 9.78 Å². The number of fused-ring (bicyclic) bond motifs is 1. The van der Waals surface area contributed by atoms with Crippen LogP contribution in [0.1, 0.15) is 11.1 Å². The lowest BCUT2D eigenvalue weighted by Gasteiger charge is -2.08. The quantitative estimate of drug-likeness (QED) is 0.518.